The van der Waals surface area contributed by atoms with Crippen LogP contribution in [0.1, 0.15) is 17.3 Å². The number of ketones is 1. The van der Waals surface area contributed by atoms with Gasteiger partial charge in [0, 0.05) is 5.56 Å². The Morgan fingerprint density at radius 3 is 2.62 bits per heavy atom. The number of Topliss-reactive ketones (excluding diaryl/α,β-unsaturated/α-hetero) is 1. The zero-order valence-electron chi connectivity index (χ0n) is 7.50. The molecule has 13 heavy (non-hydrogen) atoms. The van der Waals surface area contributed by atoms with E-state index in [1.807, 2.05) is 0 Å². The number of methoxy groups -OCH3 is 1. The lowest BCUT2D eigenvalue weighted by molar-refractivity contribution is 0.101. The standard InChI is InChI=1S/C9H11NO3/c1-5(11)6-3-4-7(12)9(13-2)8(6)10/h3-4,12H,10H2,1-2H3. The van der Waals surface area contributed by atoms with E-state index < -0.39 is 0 Å². The second kappa shape index (κ2) is 3.35. The first-order valence-electron chi connectivity index (χ1n) is 3.74. The van der Waals surface area contributed by atoms with Gasteiger partial charge >= 0.3 is 0 Å². The van der Waals surface area contributed by atoms with Crippen LogP contribution in [0.2, 0.25) is 0 Å². The monoisotopic (exact) mass is 181 g/mol. The van der Waals surface area contributed by atoms with E-state index >= 15 is 0 Å². The molecule has 3 N–H and O–H groups in total. The minimum absolute atomic E-state index is 0.0648. The van der Waals surface area contributed by atoms with Crippen LogP contribution in [0.3, 0.4) is 0 Å². The average molecular weight is 181 g/mol. The summed E-state index contributed by atoms with van der Waals surface area (Å²) in [6, 6.07) is 2.85. The zero-order chi connectivity index (χ0) is 10.0. The van der Waals surface area contributed by atoms with E-state index in [4.69, 9.17) is 10.5 Å². The van der Waals surface area contributed by atoms with E-state index in [0.717, 1.165) is 0 Å². The highest BCUT2D eigenvalue weighted by Crippen LogP contribution is 2.34. The van der Waals surface area contributed by atoms with Crippen molar-refractivity contribution in [1.82, 2.24) is 0 Å². The van der Waals surface area contributed by atoms with Crippen molar-refractivity contribution < 1.29 is 14.6 Å². The lowest BCUT2D eigenvalue weighted by Crippen LogP contribution is -2.01. The number of hydrogen-bond acceptors (Lipinski definition) is 4. The Kier molecular flexibility index (Phi) is 2.41. The lowest BCUT2D eigenvalue weighted by atomic mass is 10.1. The summed E-state index contributed by atoms with van der Waals surface area (Å²) in [5.41, 5.74) is 6.12. The van der Waals surface area contributed by atoms with Crippen LogP contribution in [0.5, 0.6) is 11.5 Å². The van der Waals surface area contributed by atoms with Crippen molar-refractivity contribution in [2.24, 2.45) is 0 Å². The molecule has 1 rings (SSSR count). The largest absolute Gasteiger partial charge is 0.504 e. The molecule has 0 spiro atoms. The first kappa shape index (κ1) is 9.38. The number of rotatable bonds is 2. The first-order valence-corrected chi connectivity index (χ1v) is 3.74. The van der Waals surface area contributed by atoms with Gasteiger partial charge in [-0.25, -0.2) is 0 Å². The minimum atomic E-state index is -0.157. The topological polar surface area (TPSA) is 72.5 Å². The number of carbonyl (C=O) groups excluding carboxylic acids is 1. The van der Waals surface area contributed by atoms with Crippen LogP contribution in [0.15, 0.2) is 12.1 Å². The number of anilines is 1. The molecule has 0 heterocycles. The normalized spacial score (nSPS) is 9.69. The molecule has 0 bridgehead atoms. The molecule has 0 saturated carbocycles. The number of aromatic hydroxyl groups is 1. The number of carbonyl (C=O) groups is 1. The Morgan fingerprint density at radius 2 is 2.15 bits per heavy atom. The highest BCUT2D eigenvalue weighted by molar-refractivity contribution is 6.00. The number of nitrogens with two attached hydrogens (primary N) is 1. The first-order chi connectivity index (χ1) is 6.07. The van der Waals surface area contributed by atoms with E-state index in [1.54, 1.807) is 0 Å². The van der Waals surface area contributed by atoms with Gasteiger partial charge in [0.15, 0.2) is 17.3 Å². The van der Waals surface area contributed by atoms with Crippen molar-refractivity contribution in [3.63, 3.8) is 0 Å². The molecule has 1 aromatic carbocycles. The van der Waals surface area contributed by atoms with Gasteiger partial charge < -0.3 is 15.6 Å². The van der Waals surface area contributed by atoms with Gasteiger partial charge in [0.1, 0.15) is 0 Å². The maximum Gasteiger partial charge on any atom is 0.184 e. The fourth-order valence-corrected chi connectivity index (χ4v) is 1.11. The Labute approximate surface area is 75.9 Å². The summed E-state index contributed by atoms with van der Waals surface area (Å²) in [4.78, 5) is 11.0. The van der Waals surface area contributed by atoms with Crippen LogP contribution in [-0.4, -0.2) is 18.0 Å². The molecule has 0 aliphatic carbocycles. The molecular weight excluding hydrogens is 170 g/mol. The fraction of sp³-hybridized carbons (Fsp3) is 0.222. The Balaban J connectivity index is 3.35. The summed E-state index contributed by atoms with van der Waals surface area (Å²) in [5.74, 6) is -0.0755. The van der Waals surface area contributed by atoms with Gasteiger partial charge in [-0.1, -0.05) is 0 Å². The number of phenolic OH excluding ortho intramolecular Hbond substituents is 1. The SMILES string of the molecule is COc1c(O)ccc(C(C)=O)c1N. The summed E-state index contributed by atoms with van der Waals surface area (Å²) in [6.45, 7) is 1.40. The summed E-state index contributed by atoms with van der Waals surface area (Å²) in [6.07, 6.45) is 0. The molecule has 0 unspecified atom stereocenters. The maximum absolute atomic E-state index is 11.0. The van der Waals surface area contributed by atoms with Crippen LogP contribution in [-0.2, 0) is 0 Å². The summed E-state index contributed by atoms with van der Waals surface area (Å²) in [5, 5.41) is 9.28. The molecule has 0 saturated heterocycles. The third-order valence-electron chi connectivity index (χ3n) is 1.76. The van der Waals surface area contributed by atoms with E-state index in [1.165, 1.54) is 26.2 Å². The van der Waals surface area contributed by atoms with Crippen molar-refractivity contribution in [2.45, 2.75) is 6.92 Å². The maximum atomic E-state index is 11.0. The third-order valence-corrected chi connectivity index (χ3v) is 1.76. The molecule has 4 heteroatoms. The third kappa shape index (κ3) is 1.56. The Hall–Kier alpha value is -1.71. The summed E-state index contributed by atoms with van der Waals surface area (Å²) < 4.78 is 4.84. The van der Waals surface area contributed by atoms with Crippen LogP contribution >= 0.6 is 0 Å². The average Bonchev–Trinajstić information content (AvgIpc) is 2.04. The molecule has 1 aromatic rings. The molecule has 0 aromatic heterocycles. The van der Waals surface area contributed by atoms with Crippen LogP contribution in [0.25, 0.3) is 0 Å². The van der Waals surface area contributed by atoms with Crippen molar-refractivity contribution in [1.29, 1.82) is 0 Å². The van der Waals surface area contributed by atoms with Gasteiger partial charge in [0.2, 0.25) is 0 Å². The predicted octanol–water partition coefficient (Wildman–Crippen LogP) is 1.19. The van der Waals surface area contributed by atoms with Crippen molar-refractivity contribution in [3.8, 4) is 11.5 Å². The number of nitrogen functional groups attached to an aromatic ring is 1. The molecule has 70 valence electrons. The van der Waals surface area contributed by atoms with Crippen LogP contribution < -0.4 is 10.5 Å². The van der Waals surface area contributed by atoms with Crippen LogP contribution in [0, 0.1) is 0 Å². The second-order valence-corrected chi connectivity index (χ2v) is 2.64. The Bertz CT molecular complexity index is 347. The molecular formula is C9H11NO3. The van der Waals surface area contributed by atoms with Crippen molar-refractivity contribution >= 4 is 11.5 Å². The molecule has 0 radical (unpaired) electrons. The van der Waals surface area contributed by atoms with Gasteiger partial charge in [-0.05, 0) is 19.1 Å². The van der Waals surface area contributed by atoms with Gasteiger partial charge in [0.25, 0.3) is 0 Å². The number of hydrogen-bond donors (Lipinski definition) is 2. The van der Waals surface area contributed by atoms with E-state index in [9.17, 15) is 9.90 Å². The molecule has 0 amide bonds. The number of ether oxygens (including phenoxy) is 1. The minimum Gasteiger partial charge on any atom is -0.504 e. The molecule has 0 fully saturated rings. The van der Waals surface area contributed by atoms with E-state index in [2.05, 4.69) is 0 Å². The van der Waals surface area contributed by atoms with E-state index in [-0.39, 0.29) is 23.0 Å². The molecule has 0 aliphatic rings. The number of benzene rings is 1. The van der Waals surface area contributed by atoms with Gasteiger partial charge in [-0.3, -0.25) is 4.79 Å². The molecule has 0 atom stereocenters. The Morgan fingerprint density at radius 1 is 1.54 bits per heavy atom. The highest BCUT2D eigenvalue weighted by Gasteiger charge is 2.12. The van der Waals surface area contributed by atoms with Crippen LogP contribution in [0.4, 0.5) is 5.69 Å². The van der Waals surface area contributed by atoms with Gasteiger partial charge in [-0.15, -0.1) is 0 Å². The summed E-state index contributed by atoms with van der Waals surface area (Å²) >= 11 is 0. The smallest absolute Gasteiger partial charge is 0.184 e. The predicted molar refractivity (Wildman–Crippen MR) is 49.1 cm³/mol. The number of phenols is 1. The molecule has 4 nitrogen and oxygen atoms in total. The lowest BCUT2D eigenvalue weighted by Gasteiger charge is -2.09. The summed E-state index contributed by atoms with van der Waals surface area (Å²) in [7, 11) is 1.38. The second-order valence-electron chi connectivity index (χ2n) is 2.64. The van der Waals surface area contributed by atoms with Gasteiger partial charge in [-0.2, -0.15) is 0 Å². The van der Waals surface area contributed by atoms with E-state index in [0.29, 0.717) is 5.56 Å². The zero-order valence-corrected chi connectivity index (χ0v) is 7.50. The highest BCUT2D eigenvalue weighted by atomic mass is 16.5. The molecule has 0 aliphatic heterocycles. The fourth-order valence-electron chi connectivity index (χ4n) is 1.11. The van der Waals surface area contributed by atoms with Crippen molar-refractivity contribution in [2.75, 3.05) is 12.8 Å². The van der Waals surface area contributed by atoms with Gasteiger partial charge in [0.05, 0.1) is 12.8 Å². The van der Waals surface area contributed by atoms with Crippen molar-refractivity contribution in [3.05, 3.63) is 17.7 Å². The quantitative estimate of drug-likeness (QED) is 0.531.